The van der Waals surface area contributed by atoms with E-state index in [0.717, 1.165) is 5.56 Å². The van der Waals surface area contributed by atoms with Crippen molar-refractivity contribution in [2.75, 3.05) is 0 Å². The molecule has 102 valence electrons. The number of aryl methyl sites for hydroxylation is 1. The molecule has 2 rings (SSSR count). The summed E-state index contributed by atoms with van der Waals surface area (Å²) in [6, 6.07) is 4.32. The fraction of sp³-hybridized carbons (Fsp3) is 0.308. The van der Waals surface area contributed by atoms with Gasteiger partial charge in [0, 0.05) is 11.1 Å². The molecule has 0 aliphatic heterocycles. The van der Waals surface area contributed by atoms with Crippen molar-refractivity contribution in [2.24, 2.45) is 0 Å². The van der Waals surface area contributed by atoms with Gasteiger partial charge in [-0.2, -0.15) is 0 Å². The van der Waals surface area contributed by atoms with Gasteiger partial charge >= 0.3 is 6.36 Å². The van der Waals surface area contributed by atoms with Crippen LogP contribution >= 0.6 is 11.6 Å². The lowest BCUT2D eigenvalue weighted by molar-refractivity contribution is -0.274. The van der Waals surface area contributed by atoms with Crippen molar-refractivity contribution in [1.82, 2.24) is 4.98 Å². The number of benzene rings is 1. The van der Waals surface area contributed by atoms with Crippen molar-refractivity contribution >= 4 is 22.5 Å². The van der Waals surface area contributed by atoms with E-state index >= 15 is 0 Å². The van der Waals surface area contributed by atoms with Gasteiger partial charge in [0.05, 0.1) is 5.02 Å². The molecule has 0 unspecified atom stereocenters. The van der Waals surface area contributed by atoms with E-state index in [4.69, 9.17) is 11.6 Å². The van der Waals surface area contributed by atoms with Gasteiger partial charge in [-0.3, -0.25) is 0 Å². The maximum Gasteiger partial charge on any atom is 0.573 e. The van der Waals surface area contributed by atoms with Crippen molar-refractivity contribution in [3.05, 3.63) is 34.5 Å². The Labute approximate surface area is 113 Å². The summed E-state index contributed by atoms with van der Waals surface area (Å²) in [6.45, 7) is 3.66. The zero-order valence-corrected chi connectivity index (χ0v) is 11.1. The topological polar surface area (TPSA) is 22.1 Å². The number of fused-ring (bicyclic) bond motifs is 1. The summed E-state index contributed by atoms with van der Waals surface area (Å²) < 4.78 is 41.0. The molecule has 0 atom stereocenters. The van der Waals surface area contributed by atoms with Crippen LogP contribution in [-0.2, 0) is 6.42 Å². The maximum atomic E-state index is 12.3. The highest BCUT2D eigenvalue weighted by Crippen LogP contribution is 2.35. The second-order valence-electron chi connectivity index (χ2n) is 4.05. The van der Waals surface area contributed by atoms with E-state index in [-0.39, 0.29) is 11.3 Å². The lowest BCUT2D eigenvalue weighted by Crippen LogP contribution is -2.17. The van der Waals surface area contributed by atoms with Crippen LogP contribution in [0.15, 0.2) is 18.2 Å². The van der Waals surface area contributed by atoms with Gasteiger partial charge in [-0.05, 0) is 25.0 Å². The van der Waals surface area contributed by atoms with Crippen molar-refractivity contribution in [3.8, 4) is 5.75 Å². The Kier molecular flexibility index (Phi) is 3.58. The molecular formula is C13H11ClF3NO. The molecule has 0 saturated carbocycles. The molecular weight excluding hydrogens is 279 g/mol. The van der Waals surface area contributed by atoms with Gasteiger partial charge in [-0.1, -0.05) is 30.7 Å². The molecule has 0 N–H and O–H groups in total. The van der Waals surface area contributed by atoms with Gasteiger partial charge in [0.2, 0.25) is 0 Å². The first-order valence-corrected chi connectivity index (χ1v) is 6.04. The van der Waals surface area contributed by atoms with Crippen LogP contribution in [0.3, 0.4) is 0 Å². The number of ether oxygens (including phenoxy) is 1. The van der Waals surface area contributed by atoms with Crippen LogP contribution in [0.2, 0.25) is 5.02 Å². The second kappa shape index (κ2) is 4.89. The number of para-hydroxylation sites is 1. The molecule has 1 aromatic heterocycles. The van der Waals surface area contributed by atoms with Crippen molar-refractivity contribution in [3.63, 3.8) is 0 Å². The first kappa shape index (κ1) is 13.9. The average Bonchev–Trinajstić information content (AvgIpc) is 2.32. The third-order valence-electron chi connectivity index (χ3n) is 2.80. The van der Waals surface area contributed by atoms with E-state index in [1.165, 1.54) is 12.1 Å². The van der Waals surface area contributed by atoms with Crippen molar-refractivity contribution in [2.45, 2.75) is 26.6 Å². The molecule has 19 heavy (non-hydrogen) atoms. The summed E-state index contributed by atoms with van der Waals surface area (Å²) in [5.41, 5.74) is 1.57. The van der Waals surface area contributed by atoms with Crippen molar-refractivity contribution in [1.29, 1.82) is 0 Å². The SMILES string of the molecule is CCc1nc2c(OC(F)(F)F)cccc2c(Cl)c1C. The molecule has 2 aromatic rings. The Morgan fingerprint density at radius 3 is 2.58 bits per heavy atom. The van der Waals surface area contributed by atoms with Gasteiger partial charge in [0.15, 0.2) is 5.75 Å². The van der Waals surface area contributed by atoms with Crippen LogP contribution in [0.5, 0.6) is 5.75 Å². The minimum absolute atomic E-state index is 0.132. The molecule has 0 aliphatic rings. The third-order valence-corrected chi connectivity index (χ3v) is 3.29. The summed E-state index contributed by atoms with van der Waals surface area (Å²) in [7, 11) is 0. The number of pyridine rings is 1. The van der Waals surface area contributed by atoms with E-state index in [0.29, 0.717) is 22.5 Å². The van der Waals surface area contributed by atoms with Crippen LogP contribution in [0.25, 0.3) is 10.9 Å². The lowest BCUT2D eigenvalue weighted by Gasteiger charge is -2.14. The van der Waals surface area contributed by atoms with Gasteiger partial charge < -0.3 is 4.74 Å². The fourth-order valence-corrected chi connectivity index (χ4v) is 2.18. The molecule has 0 spiro atoms. The molecule has 6 heteroatoms. The fourth-order valence-electron chi connectivity index (χ4n) is 1.91. The largest absolute Gasteiger partial charge is 0.573 e. The second-order valence-corrected chi connectivity index (χ2v) is 4.43. The standard InChI is InChI=1S/C13H11ClF3NO/c1-3-9-7(2)11(14)8-5-4-6-10(12(8)18-9)19-13(15,16)17/h4-6H,3H2,1-2H3. The summed E-state index contributed by atoms with van der Waals surface area (Å²) in [6.07, 6.45) is -4.17. The normalized spacial score (nSPS) is 11.9. The number of rotatable bonds is 2. The highest BCUT2D eigenvalue weighted by atomic mass is 35.5. The van der Waals surface area contributed by atoms with Crippen LogP contribution in [0, 0.1) is 6.92 Å². The summed E-state index contributed by atoms with van der Waals surface area (Å²) in [5, 5.41) is 0.868. The van der Waals surface area contributed by atoms with E-state index < -0.39 is 6.36 Å². The first-order valence-electron chi connectivity index (χ1n) is 5.67. The Morgan fingerprint density at radius 1 is 1.32 bits per heavy atom. The van der Waals surface area contributed by atoms with Gasteiger partial charge in [0.25, 0.3) is 0 Å². The minimum Gasteiger partial charge on any atom is -0.403 e. The van der Waals surface area contributed by atoms with Gasteiger partial charge in [0.1, 0.15) is 5.52 Å². The Balaban J connectivity index is 2.71. The Bertz CT molecular complexity index is 625. The molecule has 0 fully saturated rings. The predicted molar refractivity (Wildman–Crippen MR) is 67.6 cm³/mol. The molecule has 0 saturated heterocycles. The van der Waals surface area contributed by atoms with E-state index in [1.54, 1.807) is 13.0 Å². The number of hydrogen-bond acceptors (Lipinski definition) is 2. The summed E-state index contributed by atoms with van der Waals surface area (Å²) >= 11 is 6.18. The zero-order valence-electron chi connectivity index (χ0n) is 10.3. The van der Waals surface area contributed by atoms with Crippen LogP contribution in [0.4, 0.5) is 13.2 Å². The molecule has 1 aromatic carbocycles. The molecule has 1 heterocycles. The van der Waals surface area contributed by atoms with E-state index in [9.17, 15) is 13.2 Å². The lowest BCUT2D eigenvalue weighted by atomic mass is 10.1. The van der Waals surface area contributed by atoms with Crippen molar-refractivity contribution < 1.29 is 17.9 Å². The van der Waals surface area contributed by atoms with Crippen LogP contribution in [-0.4, -0.2) is 11.3 Å². The number of halogens is 4. The third kappa shape index (κ3) is 2.76. The van der Waals surface area contributed by atoms with Crippen LogP contribution < -0.4 is 4.74 Å². The molecule has 0 bridgehead atoms. The monoisotopic (exact) mass is 289 g/mol. The number of aromatic nitrogens is 1. The van der Waals surface area contributed by atoms with E-state index in [1.807, 2.05) is 6.92 Å². The van der Waals surface area contributed by atoms with E-state index in [2.05, 4.69) is 9.72 Å². The van der Waals surface area contributed by atoms with Gasteiger partial charge in [-0.25, -0.2) is 4.98 Å². The Morgan fingerprint density at radius 2 is 2.00 bits per heavy atom. The molecule has 2 nitrogen and oxygen atoms in total. The summed E-state index contributed by atoms with van der Waals surface area (Å²) in [4.78, 5) is 4.23. The minimum atomic E-state index is -4.75. The van der Waals surface area contributed by atoms with Crippen LogP contribution in [0.1, 0.15) is 18.2 Å². The zero-order chi connectivity index (χ0) is 14.2. The first-order chi connectivity index (χ1) is 8.83. The highest BCUT2D eigenvalue weighted by molar-refractivity contribution is 6.36. The van der Waals surface area contributed by atoms with Gasteiger partial charge in [-0.15, -0.1) is 13.2 Å². The predicted octanol–water partition coefficient (Wildman–Crippen LogP) is 4.66. The quantitative estimate of drug-likeness (QED) is 0.802. The highest BCUT2D eigenvalue weighted by Gasteiger charge is 2.32. The Hall–Kier alpha value is -1.49. The number of hydrogen-bond donors (Lipinski definition) is 0. The molecule has 0 aliphatic carbocycles. The number of alkyl halides is 3. The molecule has 0 radical (unpaired) electrons. The maximum absolute atomic E-state index is 12.3. The molecule has 0 amide bonds. The average molecular weight is 290 g/mol. The number of nitrogens with zero attached hydrogens (tertiary/aromatic N) is 1. The smallest absolute Gasteiger partial charge is 0.403 e. The summed E-state index contributed by atoms with van der Waals surface area (Å²) in [5.74, 6) is -0.332.